The van der Waals surface area contributed by atoms with Crippen LogP contribution in [-0.4, -0.2) is 36.2 Å². The average molecular weight is 325 g/mol. The van der Waals surface area contributed by atoms with E-state index in [9.17, 15) is 4.79 Å². The van der Waals surface area contributed by atoms with Crippen molar-refractivity contribution in [3.63, 3.8) is 0 Å². The van der Waals surface area contributed by atoms with Crippen LogP contribution >= 0.6 is 0 Å². The number of carbonyl (C=O) groups is 1. The third-order valence-electron chi connectivity index (χ3n) is 4.93. The van der Waals surface area contributed by atoms with Gasteiger partial charge in [-0.25, -0.2) is 4.79 Å². The van der Waals surface area contributed by atoms with Crippen molar-refractivity contribution >= 4 is 5.97 Å². The van der Waals surface area contributed by atoms with E-state index in [2.05, 4.69) is 30.1 Å². The van der Waals surface area contributed by atoms with Crippen molar-refractivity contribution in [1.29, 1.82) is 0 Å². The van der Waals surface area contributed by atoms with Gasteiger partial charge in [0.05, 0.1) is 12.7 Å². The topological polar surface area (TPSA) is 49.8 Å². The Hall–Kier alpha value is -2.33. The van der Waals surface area contributed by atoms with Crippen LogP contribution in [0.4, 0.5) is 0 Å². The lowest BCUT2D eigenvalue weighted by atomic mass is 9.75. The van der Waals surface area contributed by atoms with Gasteiger partial charge in [-0.3, -0.25) is 4.90 Å². The number of nitrogens with zero attached hydrogens (tertiary/aromatic N) is 1. The third-order valence-corrected chi connectivity index (χ3v) is 4.93. The van der Waals surface area contributed by atoms with Gasteiger partial charge in [-0.1, -0.05) is 24.3 Å². The fourth-order valence-electron chi connectivity index (χ4n) is 3.29. The number of hydrogen-bond acceptors (Lipinski definition) is 3. The molecule has 0 saturated heterocycles. The Labute approximate surface area is 142 Å². The van der Waals surface area contributed by atoms with Crippen molar-refractivity contribution in [3.05, 3.63) is 65.2 Å². The molecule has 24 heavy (non-hydrogen) atoms. The van der Waals surface area contributed by atoms with Crippen LogP contribution in [0.5, 0.6) is 5.75 Å². The smallest absolute Gasteiger partial charge is 0.335 e. The number of carboxylic acids is 1. The predicted molar refractivity (Wildman–Crippen MR) is 93.6 cm³/mol. The van der Waals surface area contributed by atoms with E-state index in [1.807, 2.05) is 18.2 Å². The molecule has 0 unspecified atom stereocenters. The summed E-state index contributed by atoms with van der Waals surface area (Å²) >= 11 is 0. The molecule has 0 aliphatic heterocycles. The summed E-state index contributed by atoms with van der Waals surface area (Å²) in [6.45, 7) is 0.843. The lowest BCUT2D eigenvalue weighted by molar-refractivity contribution is 0.0697. The Balaban J connectivity index is 1.54. The molecular weight excluding hydrogens is 302 g/mol. The van der Waals surface area contributed by atoms with Crippen LogP contribution in [0, 0.1) is 0 Å². The molecule has 1 fully saturated rings. The van der Waals surface area contributed by atoms with Crippen molar-refractivity contribution in [1.82, 2.24) is 4.90 Å². The van der Waals surface area contributed by atoms with Gasteiger partial charge in [0, 0.05) is 12.6 Å². The number of carboxylic acid groups (broad SMARTS) is 1. The van der Waals surface area contributed by atoms with Gasteiger partial charge < -0.3 is 9.84 Å². The van der Waals surface area contributed by atoms with Crippen molar-refractivity contribution in [3.8, 4) is 5.75 Å². The molecule has 0 radical (unpaired) electrons. The minimum Gasteiger partial charge on any atom is -0.497 e. The monoisotopic (exact) mass is 325 g/mol. The second-order valence-electron chi connectivity index (χ2n) is 6.52. The zero-order valence-electron chi connectivity index (χ0n) is 14.1. The van der Waals surface area contributed by atoms with Crippen molar-refractivity contribution in [2.24, 2.45) is 0 Å². The molecule has 3 rings (SSSR count). The quantitative estimate of drug-likeness (QED) is 0.878. The number of methoxy groups -OCH3 is 1. The van der Waals surface area contributed by atoms with Gasteiger partial charge >= 0.3 is 5.97 Å². The highest BCUT2D eigenvalue weighted by Crippen LogP contribution is 2.40. The van der Waals surface area contributed by atoms with Gasteiger partial charge in [-0.05, 0) is 61.2 Å². The fourth-order valence-corrected chi connectivity index (χ4v) is 3.29. The Morgan fingerprint density at radius 2 is 1.92 bits per heavy atom. The van der Waals surface area contributed by atoms with Gasteiger partial charge in [0.1, 0.15) is 5.75 Å². The number of hydrogen-bond donors (Lipinski definition) is 1. The summed E-state index contributed by atoms with van der Waals surface area (Å²) in [5.41, 5.74) is 2.83. The second-order valence-corrected chi connectivity index (χ2v) is 6.52. The summed E-state index contributed by atoms with van der Waals surface area (Å²) < 4.78 is 5.30. The normalized spacial score (nSPS) is 19.8. The number of ether oxygens (including phenoxy) is 1. The van der Waals surface area contributed by atoms with Crippen LogP contribution in [-0.2, 0) is 6.54 Å². The van der Waals surface area contributed by atoms with E-state index in [-0.39, 0.29) is 0 Å². The second kappa shape index (κ2) is 7.05. The molecule has 2 aromatic rings. The van der Waals surface area contributed by atoms with E-state index in [4.69, 9.17) is 9.84 Å². The molecule has 0 aromatic heterocycles. The first-order chi connectivity index (χ1) is 11.6. The lowest BCUT2D eigenvalue weighted by Gasteiger charge is -2.41. The van der Waals surface area contributed by atoms with Gasteiger partial charge in [-0.2, -0.15) is 0 Å². The average Bonchev–Trinajstić information content (AvgIpc) is 2.54. The SMILES string of the molecule is COc1cccc(C2CC(N(C)Cc3ccc(C(=O)O)cc3)C2)c1. The van der Waals surface area contributed by atoms with Crippen LogP contribution in [0.2, 0.25) is 0 Å². The summed E-state index contributed by atoms with van der Waals surface area (Å²) in [6, 6.07) is 16.1. The van der Waals surface area contributed by atoms with Crippen LogP contribution < -0.4 is 4.74 Å². The predicted octanol–water partition coefficient (Wildman–Crippen LogP) is 3.77. The summed E-state index contributed by atoms with van der Waals surface area (Å²) in [6.07, 6.45) is 2.30. The highest BCUT2D eigenvalue weighted by molar-refractivity contribution is 5.87. The molecule has 1 N–H and O–H groups in total. The molecule has 126 valence electrons. The maximum atomic E-state index is 10.9. The molecule has 1 aliphatic rings. The Morgan fingerprint density at radius 1 is 1.21 bits per heavy atom. The third kappa shape index (κ3) is 3.60. The van der Waals surface area contributed by atoms with Crippen molar-refractivity contribution in [2.75, 3.05) is 14.2 Å². The molecule has 0 atom stereocenters. The maximum Gasteiger partial charge on any atom is 0.335 e. The van der Waals surface area contributed by atoms with E-state index in [0.717, 1.165) is 30.7 Å². The Bertz CT molecular complexity index is 705. The van der Waals surface area contributed by atoms with Gasteiger partial charge in [0.15, 0.2) is 0 Å². The molecule has 0 spiro atoms. The molecule has 1 aliphatic carbocycles. The van der Waals surface area contributed by atoms with Gasteiger partial charge in [0.25, 0.3) is 0 Å². The summed E-state index contributed by atoms with van der Waals surface area (Å²) in [4.78, 5) is 13.2. The molecule has 0 bridgehead atoms. The molecule has 1 saturated carbocycles. The number of aromatic carboxylic acids is 1. The molecule has 0 heterocycles. The molecule has 4 nitrogen and oxygen atoms in total. The minimum absolute atomic E-state index is 0.336. The largest absolute Gasteiger partial charge is 0.497 e. The van der Waals surface area contributed by atoms with Crippen LogP contribution in [0.25, 0.3) is 0 Å². The van der Waals surface area contributed by atoms with E-state index in [1.54, 1.807) is 19.2 Å². The molecule has 4 heteroatoms. The van der Waals surface area contributed by atoms with Crippen LogP contribution in [0.3, 0.4) is 0 Å². The molecule has 2 aromatic carbocycles. The first kappa shape index (κ1) is 16.5. The van der Waals surface area contributed by atoms with E-state index in [1.165, 1.54) is 5.56 Å². The van der Waals surface area contributed by atoms with Crippen molar-refractivity contribution in [2.45, 2.75) is 31.3 Å². The Kier molecular flexibility index (Phi) is 4.86. The fraction of sp³-hybridized carbons (Fsp3) is 0.350. The molecular formula is C20H23NO3. The zero-order chi connectivity index (χ0) is 17.1. The molecule has 0 amide bonds. The van der Waals surface area contributed by atoms with Crippen LogP contribution in [0.1, 0.15) is 40.2 Å². The number of benzene rings is 2. The van der Waals surface area contributed by atoms with E-state index in [0.29, 0.717) is 17.5 Å². The Morgan fingerprint density at radius 3 is 2.54 bits per heavy atom. The highest BCUT2D eigenvalue weighted by Gasteiger charge is 2.33. The summed E-state index contributed by atoms with van der Waals surface area (Å²) in [7, 11) is 3.84. The van der Waals surface area contributed by atoms with E-state index >= 15 is 0 Å². The van der Waals surface area contributed by atoms with Gasteiger partial charge in [-0.15, -0.1) is 0 Å². The minimum atomic E-state index is -0.880. The summed E-state index contributed by atoms with van der Waals surface area (Å²) in [5, 5.41) is 8.95. The number of rotatable bonds is 6. The highest BCUT2D eigenvalue weighted by atomic mass is 16.5. The standard InChI is InChI=1S/C20H23NO3/c1-21(13-14-6-8-15(9-7-14)20(22)23)18-10-17(11-18)16-4-3-5-19(12-16)24-2/h3-9,12,17-18H,10-11,13H2,1-2H3,(H,22,23). The van der Waals surface area contributed by atoms with Gasteiger partial charge in [0.2, 0.25) is 0 Å². The van der Waals surface area contributed by atoms with Crippen LogP contribution in [0.15, 0.2) is 48.5 Å². The maximum absolute atomic E-state index is 10.9. The lowest BCUT2D eigenvalue weighted by Crippen LogP contribution is -2.41. The van der Waals surface area contributed by atoms with E-state index < -0.39 is 5.97 Å². The first-order valence-corrected chi connectivity index (χ1v) is 8.23. The first-order valence-electron chi connectivity index (χ1n) is 8.23. The zero-order valence-corrected chi connectivity index (χ0v) is 14.1. The van der Waals surface area contributed by atoms with Crippen molar-refractivity contribution < 1.29 is 14.6 Å². The summed E-state index contributed by atoms with van der Waals surface area (Å²) in [5.74, 6) is 0.639.